The molecule has 98 valence electrons. The monoisotopic (exact) mass is 275 g/mol. The van der Waals surface area contributed by atoms with E-state index in [1.807, 2.05) is 30.1 Å². The molecule has 0 amide bonds. The molecule has 0 aliphatic rings. The van der Waals surface area contributed by atoms with Gasteiger partial charge in [0.25, 0.3) is 0 Å². The molecule has 5 heteroatoms. The molecule has 0 fully saturated rings. The van der Waals surface area contributed by atoms with Crippen LogP contribution in [-0.4, -0.2) is 17.0 Å². The molecule has 3 nitrogen and oxygen atoms in total. The molecular weight excluding hydrogens is 261 g/mol. The van der Waals surface area contributed by atoms with E-state index >= 15 is 0 Å². The number of pyridine rings is 1. The van der Waals surface area contributed by atoms with Crippen LogP contribution in [0.4, 0.5) is 10.1 Å². The van der Waals surface area contributed by atoms with Crippen molar-refractivity contribution in [1.29, 1.82) is 0 Å². The number of thiocarbonyl (C=S) groups is 1. The summed E-state index contributed by atoms with van der Waals surface area (Å²) in [6, 6.07) is 10.5. The zero-order valence-electron chi connectivity index (χ0n) is 10.5. The van der Waals surface area contributed by atoms with Crippen LogP contribution < -0.4 is 10.6 Å². The van der Waals surface area contributed by atoms with Crippen molar-refractivity contribution in [2.75, 3.05) is 11.9 Å². The van der Waals surface area contributed by atoms with Crippen LogP contribution in [0.5, 0.6) is 0 Å². The highest BCUT2D eigenvalue weighted by molar-refractivity contribution is 7.80. The zero-order valence-corrected chi connectivity index (χ0v) is 11.3. The van der Waals surface area contributed by atoms with Gasteiger partial charge in [-0.3, -0.25) is 4.98 Å². The average molecular weight is 275 g/mol. The van der Waals surface area contributed by atoms with Gasteiger partial charge in [0, 0.05) is 24.5 Å². The van der Waals surface area contributed by atoms with Gasteiger partial charge >= 0.3 is 0 Å². The van der Waals surface area contributed by atoms with Crippen molar-refractivity contribution in [3.8, 4) is 0 Å². The number of halogens is 1. The lowest BCUT2D eigenvalue weighted by molar-refractivity contribution is 0.624. The Hall–Kier alpha value is -2.01. The smallest absolute Gasteiger partial charge is 0.135 e. The Bertz CT molecular complexity index is 586. The highest BCUT2D eigenvalue weighted by atomic mass is 32.1. The van der Waals surface area contributed by atoms with Crippen molar-refractivity contribution in [2.45, 2.75) is 6.54 Å². The van der Waals surface area contributed by atoms with Crippen LogP contribution in [0, 0.1) is 5.82 Å². The molecule has 0 unspecified atom stereocenters. The topological polar surface area (TPSA) is 42.2 Å². The maximum absolute atomic E-state index is 13.8. The number of nitrogens with two attached hydrogens (primary N) is 1. The summed E-state index contributed by atoms with van der Waals surface area (Å²) in [7, 11) is 1.88. The van der Waals surface area contributed by atoms with Crippen molar-refractivity contribution in [3.05, 3.63) is 59.7 Å². The molecule has 2 rings (SSSR count). The summed E-state index contributed by atoms with van der Waals surface area (Å²) in [4.78, 5) is 6.21. The number of rotatable bonds is 4. The lowest BCUT2D eigenvalue weighted by Gasteiger charge is -2.19. The number of anilines is 1. The van der Waals surface area contributed by atoms with E-state index < -0.39 is 5.82 Å². The summed E-state index contributed by atoms with van der Waals surface area (Å²) in [5.74, 6) is -0.405. The minimum atomic E-state index is -0.405. The van der Waals surface area contributed by atoms with Crippen molar-refractivity contribution in [2.24, 2.45) is 5.73 Å². The summed E-state index contributed by atoms with van der Waals surface area (Å²) >= 11 is 4.78. The predicted octanol–water partition coefficient (Wildman–Crippen LogP) is 2.49. The standard InChI is InChI=1S/C14H14FN3S/c1-18(9-10-4-2-3-7-17-10)11-5-6-12(14(16)19)13(15)8-11/h2-8H,9H2,1H3,(H2,16,19). The van der Waals surface area contributed by atoms with E-state index in [1.165, 1.54) is 6.07 Å². The largest absolute Gasteiger partial charge is 0.389 e. The van der Waals surface area contributed by atoms with E-state index in [-0.39, 0.29) is 10.6 Å². The van der Waals surface area contributed by atoms with Crippen LogP contribution in [0.1, 0.15) is 11.3 Å². The Balaban J connectivity index is 2.18. The van der Waals surface area contributed by atoms with Crippen LogP contribution in [0.3, 0.4) is 0 Å². The first kappa shape index (κ1) is 13.4. The fourth-order valence-electron chi connectivity index (χ4n) is 1.77. The number of benzene rings is 1. The fraction of sp³-hybridized carbons (Fsp3) is 0.143. The third-order valence-electron chi connectivity index (χ3n) is 2.78. The number of aromatic nitrogens is 1. The van der Waals surface area contributed by atoms with Gasteiger partial charge in [-0.25, -0.2) is 4.39 Å². The van der Waals surface area contributed by atoms with E-state index in [1.54, 1.807) is 18.3 Å². The summed E-state index contributed by atoms with van der Waals surface area (Å²) < 4.78 is 13.8. The molecule has 0 aliphatic heterocycles. The van der Waals surface area contributed by atoms with Crippen molar-refractivity contribution in [3.63, 3.8) is 0 Å². The summed E-state index contributed by atoms with van der Waals surface area (Å²) in [6.07, 6.45) is 1.74. The minimum Gasteiger partial charge on any atom is -0.389 e. The van der Waals surface area contributed by atoms with Gasteiger partial charge in [-0.2, -0.15) is 0 Å². The van der Waals surface area contributed by atoms with Gasteiger partial charge in [-0.15, -0.1) is 0 Å². The van der Waals surface area contributed by atoms with Crippen LogP contribution in [0.15, 0.2) is 42.6 Å². The molecule has 19 heavy (non-hydrogen) atoms. The fourth-order valence-corrected chi connectivity index (χ4v) is 1.93. The molecule has 2 aromatic rings. The van der Waals surface area contributed by atoms with Crippen molar-refractivity contribution in [1.82, 2.24) is 4.98 Å². The second-order valence-electron chi connectivity index (χ2n) is 4.21. The van der Waals surface area contributed by atoms with Crippen LogP contribution >= 0.6 is 12.2 Å². The zero-order chi connectivity index (χ0) is 13.8. The molecule has 1 aromatic carbocycles. The number of hydrogen-bond donors (Lipinski definition) is 1. The Morgan fingerprint density at radius 3 is 2.74 bits per heavy atom. The molecule has 0 aliphatic carbocycles. The second kappa shape index (κ2) is 5.75. The normalized spacial score (nSPS) is 10.2. The molecule has 2 N–H and O–H groups in total. The SMILES string of the molecule is CN(Cc1ccccn1)c1ccc(C(N)=S)c(F)c1. The van der Waals surface area contributed by atoms with Crippen molar-refractivity contribution >= 4 is 22.9 Å². The maximum atomic E-state index is 13.8. The summed E-state index contributed by atoms with van der Waals surface area (Å²) in [5.41, 5.74) is 7.37. The molecule has 1 heterocycles. The maximum Gasteiger partial charge on any atom is 0.135 e. The number of nitrogens with zero attached hydrogens (tertiary/aromatic N) is 2. The third kappa shape index (κ3) is 3.26. The van der Waals surface area contributed by atoms with E-state index in [4.69, 9.17) is 18.0 Å². The summed E-state index contributed by atoms with van der Waals surface area (Å²) in [6.45, 7) is 0.604. The van der Waals surface area contributed by atoms with Crippen LogP contribution in [0.25, 0.3) is 0 Å². The number of hydrogen-bond acceptors (Lipinski definition) is 3. The predicted molar refractivity (Wildman–Crippen MR) is 78.6 cm³/mol. The Kier molecular flexibility index (Phi) is 4.06. The first-order chi connectivity index (χ1) is 9.08. The lowest BCUT2D eigenvalue weighted by Crippen LogP contribution is -2.18. The van der Waals surface area contributed by atoms with E-state index in [0.29, 0.717) is 6.54 Å². The third-order valence-corrected chi connectivity index (χ3v) is 3.00. The Morgan fingerprint density at radius 1 is 1.37 bits per heavy atom. The Morgan fingerprint density at radius 2 is 2.16 bits per heavy atom. The van der Waals surface area contributed by atoms with E-state index in [0.717, 1.165) is 11.4 Å². The summed E-state index contributed by atoms with van der Waals surface area (Å²) in [5, 5.41) is 0. The first-order valence-corrected chi connectivity index (χ1v) is 6.19. The molecule has 0 spiro atoms. The molecule has 1 aromatic heterocycles. The molecule has 0 atom stereocenters. The average Bonchev–Trinajstić information content (AvgIpc) is 2.39. The quantitative estimate of drug-likeness (QED) is 0.871. The van der Waals surface area contributed by atoms with Crippen LogP contribution in [-0.2, 0) is 6.54 Å². The van der Waals surface area contributed by atoms with Gasteiger partial charge in [0.05, 0.1) is 12.2 Å². The van der Waals surface area contributed by atoms with Gasteiger partial charge in [0.2, 0.25) is 0 Å². The first-order valence-electron chi connectivity index (χ1n) is 5.78. The van der Waals surface area contributed by atoms with E-state index in [9.17, 15) is 4.39 Å². The van der Waals surface area contributed by atoms with Gasteiger partial charge in [-0.1, -0.05) is 18.3 Å². The highest BCUT2D eigenvalue weighted by Gasteiger charge is 2.09. The molecule has 0 saturated carbocycles. The van der Waals surface area contributed by atoms with Crippen molar-refractivity contribution < 1.29 is 4.39 Å². The minimum absolute atomic E-state index is 0.0661. The lowest BCUT2D eigenvalue weighted by atomic mass is 10.2. The van der Waals surface area contributed by atoms with Gasteiger partial charge in [0.15, 0.2) is 0 Å². The van der Waals surface area contributed by atoms with Gasteiger partial charge < -0.3 is 10.6 Å². The van der Waals surface area contributed by atoms with Gasteiger partial charge in [0.1, 0.15) is 10.8 Å². The highest BCUT2D eigenvalue weighted by Crippen LogP contribution is 2.19. The van der Waals surface area contributed by atoms with E-state index in [2.05, 4.69) is 4.98 Å². The Labute approximate surface area is 116 Å². The van der Waals surface area contributed by atoms with Gasteiger partial charge in [-0.05, 0) is 30.3 Å². The van der Waals surface area contributed by atoms with Crippen LogP contribution in [0.2, 0.25) is 0 Å². The second-order valence-corrected chi connectivity index (χ2v) is 4.65. The molecule has 0 bridgehead atoms. The molecular formula is C14H14FN3S. The molecule has 0 radical (unpaired) electrons. The molecule has 0 saturated heterocycles.